The smallest absolute Gasteiger partial charge is 0.320 e. The monoisotopic (exact) mass is 432 g/mol. The van der Waals surface area contributed by atoms with E-state index in [1.54, 1.807) is 31.2 Å². The van der Waals surface area contributed by atoms with Gasteiger partial charge >= 0.3 is 6.55 Å². The third kappa shape index (κ3) is 3.97. The van der Waals surface area contributed by atoms with Crippen molar-refractivity contribution in [2.75, 3.05) is 20.8 Å². The van der Waals surface area contributed by atoms with Crippen molar-refractivity contribution in [2.24, 2.45) is 5.92 Å². The minimum Gasteiger partial charge on any atom is -0.493 e. The lowest BCUT2D eigenvalue weighted by Gasteiger charge is -2.20. The molecule has 2 atom stereocenters. The van der Waals surface area contributed by atoms with Gasteiger partial charge in [0.05, 0.1) is 25.4 Å². The number of pyridine rings is 1. The highest BCUT2D eigenvalue weighted by Crippen LogP contribution is 2.36. The van der Waals surface area contributed by atoms with Gasteiger partial charge in [-0.25, -0.2) is 9.97 Å². The van der Waals surface area contributed by atoms with E-state index >= 15 is 0 Å². The number of fused-ring (bicyclic) bond motifs is 1. The minimum atomic E-state index is -2.80. The van der Waals surface area contributed by atoms with Gasteiger partial charge in [-0.05, 0) is 31.2 Å². The van der Waals surface area contributed by atoms with Crippen LogP contribution in [0, 0.1) is 5.92 Å². The molecule has 1 fully saturated rings. The lowest BCUT2D eigenvalue weighted by molar-refractivity contribution is -0.119. The predicted molar refractivity (Wildman–Crippen MR) is 109 cm³/mol. The molecular formula is C21H22F2N4O4. The highest BCUT2D eigenvalue weighted by molar-refractivity contribution is 5.85. The number of alkyl halides is 2. The fourth-order valence-corrected chi connectivity index (χ4v) is 3.63. The van der Waals surface area contributed by atoms with Gasteiger partial charge in [-0.15, -0.1) is 0 Å². The van der Waals surface area contributed by atoms with Gasteiger partial charge in [-0.2, -0.15) is 8.78 Å². The van der Waals surface area contributed by atoms with Crippen LogP contribution in [0.25, 0.3) is 22.3 Å². The number of aromatic nitrogens is 3. The van der Waals surface area contributed by atoms with Gasteiger partial charge in [0, 0.05) is 24.4 Å². The van der Waals surface area contributed by atoms with Gasteiger partial charge in [-0.1, -0.05) is 0 Å². The second kappa shape index (κ2) is 8.37. The van der Waals surface area contributed by atoms with Crippen molar-refractivity contribution >= 4 is 16.9 Å². The SMILES string of the molecule is COc1ccc(-c2cc3ncn(C(F)F)c3c(O[C@H](C)C3CNC(=O)C3)n2)cc1OC. The molecule has 3 heterocycles. The van der Waals surface area contributed by atoms with E-state index in [0.717, 1.165) is 10.9 Å². The van der Waals surface area contributed by atoms with Crippen LogP contribution in [0.4, 0.5) is 8.78 Å². The maximum Gasteiger partial charge on any atom is 0.320 e. The summed E-state index contributed by atoms with van der Waals surface area (Å²) in [4.78, 5) is 20.2. The number of hydrogen-bond donors (Lipinski definition) is 1. The Morgan fingerprint density at radius 3 is 2.61 bits per heavy atom. The molecule has 0 spiro atoms. The van der Waals surface area contributed by atoms with Crippen molar-refractivity contribution in [1.82, 2.24) is 19.9 Å². The number of rotatable bonds is 7. The van der Waals surface area contributed by atoms with Gasteiger partial charge in [0.1, 0.15) is 17.9 Å². The van der Waals surface area contributed by atoms with Crippen LogP contribution in [0.2, 0.25) is 0 Å². The van der Waals surface area contributed by atoms with E-state index < -0.39 is 12.7 Å². The zero-order valence-corrected chi connectivity index (χ0v) is 17.3. The number of nitrogens with one attached hydrogen (secondary N) is 1. The summed E-state index contributed by atoms with van der Waals surface area (Å²) in [5, 5.41) is 2.76. The summed E-state index contributed by atoms with van der Waals surface area (Å²) >= 11 is 0. The predicted octanol–water partition coefficient (Wildman–Crippen LogP) is 3.41. The minimum absolute atomic E-state index is 0.0342. The van der Waals surface area contributed by atoms with Crippen LogP contribution in [0.5, 0.6) is 17.4 Å². The molecule has 0 bridgehead atoms. The lowest BCUT2D eigenvalue weighted by Crippen LogP contribution is -2.26. The maximum atomic E-state index is 13.6. The molecule has 1 aliphatic rings. The molecule has 1 aromatic carbocycles. The molecule has 8 nitrogen and oxygen atoms in total. The number of methoxy groups -OCH3 is 2. The molecule has 0 aliphatic carbocycles. The molecule has 10 heteroatoms. The highest BCUT2D eigenvalue weighted by atomic mass is 19.3. The Hall–Kier alpha value is -3.43. The van der Waals surface area contributed by atoms with Crippen LogP contribution >= 0.6 is 0 Å². The average molecular weight is 432 g/mol. The number of halogens is 2. The fourth-order valence-electron chi connectivity index (χ4n) is 3.63. The second-order valence-corrected chi connectivity index (χ2v) is 7.27. The normalized spacial score (nSPS) is 17.1. The van der Waals surface area contributed by atoms with Gasteiger partial charge in [-0.3, -0.25) is 9.36 Å². The Kier molecular flexibility index (Phi) is 5.62. The van der Waals surface area contributed by atoms with E-state index in [2.05, 4.69) is 15.3 Å². The van der Waals surface area contributed by atoms with Crippen molar-refractivity contribution in [2.45, 2.75) is 26.0 Å². The fraction of sp³-hybridized carbons (Fsp3) is 0.381. The number of benzene rings is 1. The number of ether oxygens (including phenoxy) is 3. The molecule has 0 saturated carbocycles. The summed E-state index contributed by atoms with van der Waals surface area (Å²) in [6, 6.07) is 6.88. The first-order valence-electron chi connectivity index (χ1n) is 9.72. The van der Waals surface area contributed by atoms with E-state index in [4.69, 9.17) is 14.2 Å². The summed E-state index contributed by atoms with van der Waals surface area (Å²) in [5.74, 6) is 0.948. The number of nitrogens with zero attached hydrogens (tertiary/aromatic N) is 3. The molecule has 1 unspecified atom stereocenters. The van der Waals surface area contributed by atoms with Gasteiger partial charge in [0.25, 0.3) is 0 Å². The largest absolute Gasteiger partial charge is 0.493 e. The van der Waals surface area contributed by atoms with E-state index in [0.29, 0.717) is 41.2 Å². The molecule has 31 heavy (non-hydrogen) atoms. The van der Waals surface area contributed by atoms with E-state index in [-0.39, 0.29) is 23.2 Å². The Bertz CT molecular complexity index is 1120. The molecule has 3 aromatic rings. The molecular weight excluding hydrogens is 410 g/mol. The van der Waals surface area contributed by atoms with Gasteiger partial charge in [0.2, 0.25) is 11.8 Å². The van der Waals surface area contributed by atoms with Crippen molar-refractivity contribution in [3.8, 4) is 28.6 Å². The summed E-state index contributed by atoms with van der Waals surface area (Å²) in [6.45, 7) is -0.539. The van der Waals surface area contributed by atoms with E-state index in [1.165, 1.54) is 14.2 Å². The van der Waals surface area contributed by atoms with Gasteiger partial charge < -0.3 is 19.5 Å². The maximum absolute atomic E-state index is 13.6. The third-order valence-corrected chi connectivity index (χ3v) is 5.38. The van der Waals surface area contributed by atoms with Crippen LogP contribution in [0.15, 0.2) is 30.6 Å². The summed E-state index contributed by atoms with van der Waals surface area (Å²) < 4.78 is 44.5. The number of carbonyl (C=O) groups is 1. The Morgan fingerprint density at radius 1 is 1.19 bits per heavy atom. The Morgan fingerprint density at radius 2 is 1.97 bits per heavy atom. The highest BCUT2D eigenvalue weighted by Gasteiger charge is 2.29. The Balaban J connectivity index is 1.79. The molecule has 1 N–H and O–H groups in total. The van der Waals surface area contributed by atoms with E-state index in [1.807, 2.05) is 0 Å². The molecule has 164 valence electrons. The standard InChI is InChI=1S/C21H22F2N4O4/c1-11(13-7-18(28)24-9-13)31-20-19-15(25-10-27(19)21(22)23)8-14(26-20)12-4-5-16(29-2)17(6-12)30-3/h4-6,8,10-11,13,21H,7,9H2,1-3H3,(H,24,28)/t11-,13?/m1/s1. The number of hydrogen-bond acceptors (Lipinski definition) is 6. The van der Waals surface area contributed by atoms with Crippen LogP contribution in [-0.4, -0.2) is 47.3 Å². The van der Waals surface area contributed by atoms with Crippen molar-refractivity contribution in [3.05, 3.63) is 30.6 Å². The van der Waals surface area contributed by atoms with Crippen molar-refractivity contribution in [1.29, 1.82) is 0 Å². The molecule has 1 amide bonds. The molecule has 1 aliphatic heterocycles. The number of amides is 1. The molecule has 1 saturated heterocycles. The van der Waals surface area contributed by atoms with Crippen LogP contribution < -0.4 is 19.5 Å². The molecule has 0 radical (unpaired) electrons. The first-order chi connectivity index (χ1) is 14.9. The number of carbonyl (C=O) groups excluding carboxylic acids is 1. The second-order valence-electron chi connectivity index (χ2n) is 7.27. The zero-order chi connectivity index (χ0) is 22.1. The lowest BCUT2D eigenvalue weighted by atomic mass is 10.0. The quantitative estimate of drug-likeness (QED) is 0.616. The summed E-state index contributed by atoms with van der Waals surface area (Å²) in [6.07, 6.45) is 0.956. The first kappa shape index (κ1) is 20.8. The molecule has 2 aromatic heterocycles. The topological polar surface area (TPSA) is 87.5 Å². The summed E-state index contributed by atoms with van der Waals surface area (Å²) in [5.41, 5.74) is 1.59. The Labute approximate surface area is 177 Å². The number of imidazole rings is 1. The van der Waals surface area contributed by atoms with Crippen molar-refractivity contribution < 1.29 is 27.8 Å². The van der Waals surface area contributed by atoms with Crippen LogP contribution in [-0.2, 0) is 4.79 Å². The van der Waals surface area contributed by atoms with E-state index in [9.17, 15) is 13.6 Å². The van der Waals surface area contributed by atoms with Crippen molar-refractivity contribution in [3.63, 3.8) is 0 Å². The average Bonchev–Trinajstić information content (AvgIpc) is 3.39. The third-order valence-electron chi connectivity index (χ3n) is 5.38. The first-order valence-corrected chi connectivity index (χ1v) is 9.72. The van der Waals surface area contributed by atoms with Gasteiger partial charge in [0.15, 0.2) is 11.5 Å². The summed E-state index contributed by atoms with van der Waals surface area (Å²) in [7, 11) is 3.06. The molecule has 4 rings (SSSR count). The van der Waals surface area contributed by atoms with Crippen LogP contribution in [0.1, 0.15) is 19.9 Å². The zero-order valence-electron chi connectivity index (χ0n) is 17.3. The van der Waals surface area contributed by atoms with Crippen LogP contribution in [0.3, 0.4) is 0 Å².